The number of carbonyl (C=O) groups is 1. The third-order valence-corrected chi connectivity index (χ3v) is 4.05. The van der Waals surface area contributed by atoms with E-state index in [1.54, 1.807) is 6.92 Å². The minimum Gasteiger partial charge on any atom is -0.487 e. The van der Waals surface area contributed by atoms with Gasteiger partial charge in [-0.15, -0.1) is 0 Å². The van der Waals surface area contributed by atoms with Crippen LogP contribution in [0.2, 0.25) is 0 Å². The predicted octanol–water partition coefficient (Wildman–Crippen LogP) is 4.02. The molecule has 156 valence electrons. The van der Waals surface area contributed by atoms with Gasteiger partial charge in [0, 0.05) is 18.6 Å². The quantitative estimate of drug-likeness (QED) is 0.306. The SMILES string of the molecule is CCO/N=C(\COc1ccc(CC(OCC)C(=O)OCC)cc1)c1ccccc1. The van der Waals surface area contributed by atoms with Crippen LogP contribution in [0.25, 0.3) is 0 Å². The lowest BCUT2D eigenvalue weighted by Crippen LogP contribution is -2.28. The monoisotopic (exact) mass is 399 g/mol. The second-order valence-corrected chi connectivity index (χ2v) is 6.15. The van der Waals surface area contributed by atoms with Crippen molar-refractivity contribution < 1.29 is 23.8 Å². The Morgan fingerprint density at radius 1 is 0.931 bits per heavy atom. The van der Waals surface area contributed by atoms with E-state index in [2.05, 4.69) is 5.16 Å². The molecule has 0 aliphatic rings. The second-order valence-electron chi connectivity index (χ2n) is 6.15. The molecule has 1 atom stereocenters. The standard InChI is InChI=1S/C23H29NO5/c1-4-26-22(23(25)27-5-2)16-18-12-14-20(15-13-18)28-17-21(24-29-6-3)19-10-8-7-9-11-19/h7-15,22H,4-6,16-17H2,1-3H3/b24-21+. The fraction of sp³-hybridized carbons (Fsp3) is 0.391. The van der Waals surface area contributed by atoms with Gasteiger partial charge in [0.25, 0.3) is 0 Å². The fourth-order valence-electron chi connectivity index (χ4n) is 2.67. The number of rotatable bonds is 12. The molecule has 0 aliphatic heterocycles. The first-order chi connectivity index (χ1) is 14.2. The van der Waals surface area contributed by atoms with Gasteiger partial charge in [-0.25, -0.2) is 4.79 Å². The summed E-state index contributed by atoms with van der Waals surface area (Å²) in [6.45, 7) is 7.09. The lowest BCUT2D eigenvalue weighted by atomic mass is 10.1. The molecule has 0 radical (unpaired) electrons. The summed E-state index contributed by atoms with van der Waals surface area (Å²) >= 11 is 0. The van der Waals surface area contributed by atoms with E-state index in [0.717, 1.165) is 16.8 Å². The Morgan fingerprint density at radius 2 is 1.66 bits per heavy atom. The van der Waals surface area contributed by atoms with Crippen molar-refractivity contribution in [1.82, 2.24) is 0 Å². The van der Waals surface area contributed by atoms with Crippen LogP contribution >= 0.6 is 0 Å². The van der Waals surface area contributed by atoms with Crippen molar-refractivity contribution in [3.63, 3.8) is 0 Å². The van der Waals surface area contributed by atoms with Crippen LogP contribution in [-0.4, -0.2) is 44.2 Å². The summed E-state index contributed by atoms with van der Waals surface area (Å²) < 4.78 is 16.5. The normalized spacial score (nSPS) is 12.3. The van der Waals surface area contributed by atoms with Gasteiger partial charge in [-0.05, 0) is 38.5 Å². The summed E-state index contributed by atoms with van der Waals surface area (Å²) in [5.74, 6) is 0.368. The van der Waals surface area contributed by atoms with Crippen molar-refractivity contribution in [3.05, 3.63) is 65.7 Å². The Balaban J connectivity index is 1.99. The summed E-state index contributed by atoms with van der Waals surface area (Å²) in [6, 6.07) is 17.4. The molecular formula is C23H29NO5. The van der Waals surface area contributed by atoms with Crippen LogP contribution in [0.3, 0.4) is 0 Å². The largest absolute Gasteiger partial charge is 0.487 e. The summed E-state index contributed by atoms with van der Waals surface area (Å²) in [7, 11) is 0. The van der Waals surface area contributed by atoms with Crippen LogP contribution in [-0.2, 0) is 25.5 Å². The first-order valence-corrected chi connectivity index (χ1v) is 9.92. The van der Waals surface area contributed by atoms with E-state index < -0.39 is 6.10 Å². The Labute approximate surface area is 172 Å². The highest BCUT2D eigenvalue weighted by atomic mass is 16.6. The first kappa shape index (κ1) is 22.4. The Morgan fingerprint density at radius 3 is 2.28 bits per heavy atom. The topological polar surface area (TPSA) is 66.3 Å². The molecule has 29 heavy (non-hydrogen) atoms. The molecule has 0 aromatic heterocycles. The minimum absolute atomic E-state index is 0.285. The Kier molecular flexibility index (Phi) is 9.72. The molecule has 0 bridgehead atoms. The molecule has 0 fully saturated rings. The van der Waals surface area contributed by atoms with Gasteiger partial charge >= 0.3 is 5.97 Å². The van der Waals surface area contributed by atoms with Gasteiger partial charge < -0.3 is 19.0 Å². The van der Waals surface area contributed by atoms with Gasteiger partial charge in [0.15, 0.2) is 6.10 Å². The van der Waals surface area contributed by atoms with Crippen LogP contribution in [0.15, 0.2) is 59.8 Å². The van der Waals surface area contributed by atoms with Crippen LogP contribution in [0.1, 0.15) is 31.9 Å². The molecular weight excluding hydrogens is 370 g/mol. The van der Waals surface area contributed by atoms with Crippen molar-refractivity contribution in [2.45, 2.75) is 33.3 Å². The van der Waals surface area contributed by atoms with Gasteiger partial charge in [-0.1, -0.05) is 47.6 Å². The number of esters is 1. The molecule has 0 N–H and O–H groups in total. The number of oxime groups is 1. The van der Waals surface area contributed by atoms with E-state index in [9.17, 15) is 4.79 Å². The first-order valence-electron chi connectivity index (χ1n) is 9.92. The molecule has 0 amide bonds. The van der Waals surface area contributed by atoms with Gasteiger partial charge in [0.05, 0.1) is 6.61 Å². The molecule has 6 heteroatoms. The predicted molar refractivity (Wildman–Crippen MR) is 112 cm³/mol. The molecule has 0 saturated carbocycles. The number of hydrogen-bond acceptors (Lipinski definition) is 6. The molecule has 0 saturated heterocycles. The van der Waals surface area contributed by atoms with E-state index in [1.807, 2.05) is 68.4 Å². The number of nitrogens with zero attached hydrogens (tertiary/aromatic N) is 1. The maximum Gasteiger partial charge on any atom is 0.335 e. The van der Waals surface area contributed by atoms with Crippen LogP contribution in [0, 0.1) is 0 Å². The van der Waals surface area contributed by atoms with Crippen molar-refractivity contribution in [3.8, 4) is 5.75 Å². The lowest BCUT2D eigenvalue weighted by molar-refractivity contribution is -0.156. The van der Waals surface area contributed by atoms with Crippen LogP contribution in [0.4, 0.5) is 0 Å². The maximum absolute atomic E-state index is 12.0. The number of carbonyl (C=O) groups excluding carboxylic acids is 1. The average molecular weight is 399 g/mol. The van der Waals surface area contributed by atoms with Gasteiger partial charge in [0.2, 0.25) is 0 Å². The highest BCUT2D eigenvalue weighted by Gasteiger charge is 2.20. The molecule has 2 aromatic carbocycles. The third kappa shape index (κ3) is 7.58. The van der Waals surface area contributed by atoms with Crippen molar-refractivity contribution in [2.24, 2.45) is 5.16 Å². The van der Waals surface area contributed by atoms with Crippen molar-refractivity contribution in [2.75, 3.05) is 26.4 Å². The van der Waals surface area contributed by atoms with E-state index >= 15 is 0 Å². The molecule has 2 rings (SSSR count). The Bertz CT molecular complexity index is 759. The van der Waals surface area contributed by atoms with Crippen molar-refractivity contribution in [1.29, 1.82) is 0 Å². The molecule has 2 aromatic rings. The molecule has 6 nitrogen and oxygen atoms in total. The van der Waals surface area contributed by atoms with E-state index in [1.165, 1.54) is 0 Å². The number of ether oxygens (including phenoxy) is 3. The average Bonchev–Trinajstić information content (AvgIpc) is 2.75. The van der Waals surface area contributed by atoms with Gasteiger partial charge in [-0.2, -0.15) is 0 Å². The highest BCUT2D eigenvalue weighted by Crippen LogP contribution is 2.16. The lowest BCUT2D eigenvalue weighted by Gasteiger charge is -2.16. The minimum atomic E-state index is -0.602. The Hall–Kier alpha value is -2.86. The zero-order valence-electron chi connectivity index (χ0n) is 17.3. The fourth-order valence-corrected chi connectivity index (χ4v) is 2.67. The van der Waals surface area contributed by atoms with Crippen molar-refractivity contribution >= 4 is 11.7 Å². The zero-order valence-corrected chi connectivity index (χ0v) is 17.3. The summed E-state index contributed by atoms with van der Waals surface area (Å²) in [6.07, 6.45) is -0.150. The van der Waals surface area contributed by atoms with E-state index in [0.29, 0.717) is 32.0 Å². The zero-order chi connectivity index (χ0) is 20.9. The molecule has 0 heterocycles. The maximum atomic E-state index is 12.0. The smallest absolute Gasteiger partial charge is 0.335 e. The number of hydrogen-bond donors (Lipinski definition) is 0. The summed E-state index contributed by atoms with van der Waals surface area (Å²) in [4.78, 5) is 17.2. The highest BCUT2D eigenvalue weighted by molar-refractivity contribution is 6.01. The molecule has 1 unspecified atom stereocenters. The summed E-state index contributed by atoms with van der Waals surface area (Å²) in [5, 5.41) is 4.17. The van der Waals surface area contributed by atoms with Gasteiger partial charge in [0.1, 0.15) is 24.7 Å². The second kappa shape index (κ2) is 12.6. The third-order valence-electron chi connectivity index (χ3n) is 4.05. The number of benzene rings is 2. The van der Waals surface area contributed by atoms with E-state index in [4.69, 9.17) is 19.0 Å². The summed E-state index contributed by atoms with van der Waals surface area (Å²) in [5.41, 5.74) is 2.64. The molecule has 0 spiro atoms. The van der Waals surface area contributed by atoms with Gasteiger partial charge in [-0.3, -0.25) is 0 Å². The van der Waals surface area contributed by atoms with E-state index in [-0.39, 0.29) is 12.6 Å². The van der Waals surface area contributed by atoms with Crippen LogP contribution in [0.5, 0.6) is 5.75 Å². The molecule has 0 aliphatic carbocycles. The van der Waals surface area contributed by atoms with Crippen LogP contribution < -0.4 is 4.74 Å².